The molecule has 0 amide bonds. The Kier molecular flexibility index (Phi) is 3.39. The Morgan fingerprint density at radius 2 is 1.94 bits per heavy atom. The van der Waals surface area contributed by atoms with Crippen LogP contribution in [0.4, 0.5) is 0 Å². The third-order valence-electron chi connectivity index (χ3n) is 4.27. The van der Waals surface area contributed by atoms with Gasteiger partial charge in [-0.2, -0.15) is 0 Å². The van der Waals surface area contributed by atoms with Gasteiger partial charge in [0.2, 0.25) is 0 Å². The molecule has 2 rings (SSSR count). The molecule has 2 nitrogen and oxygen atoms in total. The summed E-state index contributed by atoms with van der Waals surface area (Å²) in [6, 6.07) is 1.28. The summed E-state index contributed by atoms with van der Waals surface area (Å²) < 4.78 is 0. The van der Waals surface area contributed by atoms with E-state index in [-0.39, 0.29) is 0 Å². The zero-order valence-corrected chi connectivity index (χ0v) is 12.1. The Labute approximate surface area is 106 Å². The van der Waals surface area contributed by atoms with E-state index in [4.69, 9.17) is 0 Å². The van der Waals surface area contributed by atoms with Crippen LogP contribution in [0.5, 0.6) is 0 Å². The molecule has 0 aliphatic heterocycles. The molecule has 2 aliphatic carbocycles. The SMILES string of the molecule is CNCC1(C)CC(NC2C=C2C)CC(C)(C)C1. The third-order valence-corrected chi connectivity index (χ3v) is 4.27. The predicted octanol–water partition coefficient (Wildman–Crippen LogP) is 2.71. The highest BCUT2D eigenvalue weighted by atomic mass is 15.0. The molecule has 0 aromatic heterocycles. The van der Waals surface area contributed by atoms with Gasteiger partial charge in [0.05, 0.1) is 0 Å². The Bertz CT molecular complexity index is 319. The van der Waals surface area contributed by atoms with Gasteiger partial charge in [-0.05, 0) is 44.1 Å². The smallest absolute Gasteiger partial charge is 0.0468 e. The van der Waals surface area contributed by atoms with Crippen LogP contribution in [-0.4, -0.2) is 25.7 Å². The van der Waals surface area contributed by atoms with Crippen LogP contribution in [0, 0.1) is 10.8 Å². The zero-order valence-electron chi connectivity index (χ0n) is 12.1. The molecule has 0 aromatic rings. The summed E-state index contributed by atoms with van der Waals surface area (Å²) in [6.45, 7) is 10.6. The average Bonchev–Trinajstić information content (AvgIpc) is 2.76. The molecule has 98 valence electrons. The lowest BCUT2D eigenvalue weighted by molar-refractivity contribution is 0.0718. The van der Waals surface area contributed by atoms with Crippen LogP contribution in [0.2, 0.25) is 0 Å². The van der Waals surface area contributed by atoms with Gasteiger partial charge in [-0.3, -0.25) is 0 Å². The third kappa shape index (κ3) is 3.32. The minimum Gasteiger partial charge on any atom is -0.319 e. The Balaban J connectivity index is 1.97. The molecule has 3 atom stereocenters. The van der Waals surface area contributed by atoms with Gasteiger partial charge in [0.25, 0.3) is 0 Å². The Morgan fingerprint density at radius 3 is 2.47 bits per heavy atom. The quantitative estimate of drug-likeness (QED) is 0.733. The molecule has 0 aromatic carbocycles. The lowest BCUT2D eigenvalue weighted by atomic mass is 9.62. The molecule has 17 heavy (non-hydrogen) atoms. The van der Waals surface area contributed by atoms with E-state index in [2.05, 4.69) is 51.5 Å². The van der Waals surface area contributed by atoms with Crippen LogP contribution < -0.4 is 10.6 Å². The number of nitrogens with one attached hydrogen (secondary N) is 2. The van der Waals surface area contributed by atoms with Crippen LogP contribution >= 0.6 is 0 Å². The van der Waals surface area contributed by atoms with Gasteiger partial charge in [0, 0.05) is 18.6 Å². The second-order valence-electron chi connectivity index (χ2n) is 7.34. The fourth-order valence-corrected chi connectivity index (χ4v) is 3.96. The lowest BCUT2D eigenvalue weighted by Crippen LogP contribution is -2.48. The van der Waals surface area contributed by atoms with Crippen molar-refractivity contribution in [3.63, 3.8) is 0 Å². The molecule has 1 saturated carbocycles. The molecule has 2 heteroatoms. The summed E-state index contributed by atoms with van der Waals surface area (Å²) in [5, 5.41) is 7.16. The van der Waals surface area contributed by atoms with Gasteiger partial charge in [0.15, 0.2) is 0 Å². The van der Waals surface area contributed by atoms with Crippen molar-refractivity contribution in [1.82, 2.24) is 10.6 Å². The van der Waals surface area contributed by atoms with Crippen LogP contribution in [0.25, 0.3) is 0 Å². The van der Waals surface area contributed by atoms with Crippen LogP contribution in [0.15, 0.2) is 11.6 Å². The highest BCUT2D eigenvalue weighted by Gasteiger charge is 2.41. The van der Waals surface area contributed by atoms with Crippen molar-refractivity contribution in [1.29, 1.82) is 0 Å². The fraction of sp³-hybridized carbons (Fsp3) is 0.867. The van der Waals surface area contributed by atoms with Gasteiger partial charge in [-0.1, -0.05) is 32.4 Å². The highest BCUT2D eigenvalue weighted by Crippen LogP contribution is 2.46. The van der Waals surface area contributed by atoms with Gasteiger partial charge in [-0.15, -0.1) is 0 Å². The predicted molar refractivity (Wildman–Crippen MR) is 74.1 cm³/mol. The minimum atomic E-state index is 0.441. The summed E-state index contributed by atoms with van der Waals surface area (Å²) in [4.78, 5) is 0. The van der Waals surface area contributed by atoms with E-state index in [0.29, 0.717) is 22.9 Å². The number of hydrogen-bond acceptors (Lipinski definition) is 2. The highest BCUT2D eigenvalue weighted by molar-refractivity contribution is 5.32. The summed E-state index contributed by atoms with van der Waals surface area (Å²) in [6.07, 6.45) is 6.27. The molecule has 2 aliphatic rings. The van der Waals surface area contributed by atoms with E-state index in [0.717, 1.165) is 6.54 Å². The molecular weight excluding hydrogens is 208 g/mol. The maximum atomic E-state index is 3.79. The summed E-state index contributed by atoms with van der Waals surface area (Å²) in [7, 11) is 2.07. The van der Waals surface area contributed by atoms with Crippen LogP contribution in [0.3, 0.4) is 0 Å². The van der Waals surface area contributed by atoms with E-state index in [9.17, 15) is 0 Å². The molecule has 0 bridgehead atoms. The second kappa shape index (κ2) is 4.40. The lowest BCUT2D eigenvalue weighted by Gasteiger charge is -2.47. The Morgan fingerprint density at radius 1 is 1.29 bits per heavy atom. The topological polar surface area (TPSA) is 24.1 Å². The van der Waals surface area contributed by atoms with Gasteiger partial charge in [-0.25, -0.2) is 0 Å². The second-order valence-corrected chi connectivity index (χ2v) is 7.34. The maximum Gasteiger partial charge on any atom is 0.0468 e. The van der Waals surface area contributed by atoms with E-state index >= 15 is 0 Å². The Hall–Kier alpha value is -0.340. The molecule has 2 N–H and O–H groups in total. The molecule has 0 saturated heterocycles. The molecule has 0 spiro atoms. The molecule has 0 radical (unpaired) electrons. The zero-order chi connectivity index (χ0) is 12.7. The van der Waals surface area contributed by atoms with Crippen molar-refractivity contribution in [3.05, 3.63) is 11.6 Å². The first kappa shape index (κ1) is 13.1. The molecule has 3 unspecified atom stereocenters. The number of rotatable bonds is 4. The summed E-state index contributed by atoms with van der Waals surface area (Å²) in [5.74, 6) is 0. The maximum absolute atomic E-state index is 3.79. The van der Waals surface area contributed by atoms with Gasteiger partial charge in [0.1, 0.15) is 0 Å². The van der Waals surface area contributed by atoms with E-state index in [1.165, 1.54) is 24.8 Å². The van der Waals surface area contributed by atoms with Crippen molar-refractivity contribution >= 4 is 0 Å². The van der Waals surface area contributed by atoms with Crippen molar-refractivity contribution < 1.29 is 0 Å². The van der Waals surface area contributed by atoms with Crippen LogP contribution in [-0.2, 0) is 0 Å². The molecule has 1 fully saturated rings. The average molecular weight is 236 g/mol. The fourth-order valence-electron chi connectivity index (χ4n) is 3.96. The summed E-state index contributed by atoms with van der Waals surface area (Å²) in [5.41, 5.74) is 2.42. The largest absolute Gasteiger partial charge is 0.319 e. The standard InChI is InChI=1S/C15H28N2/c1-11-6-13(11)17-12-7-14(2,3)9-15(4,8-12)10-16-5/h6,12-13,16-17H,7-10H2,1-5H3. The van der Waals surface area contributed by atoms with Crippen molar-refractivity contribution in [2.75, 3.05) is 13.6 Å². The molecular formula is C15H28N2. The van der Waals surface area contributed by atoms with Crippen molar-refractivity contribution in [2.45, 2.75) is 59.0 Å². The van der Waals surface area contributed by atoms with E-state index in [1.807, 2.05) is 0 Å². The molecule has 0 heterocycles. The first-order chi connectivity index (χ1) is 7.84. The first-order valence-electron chi connectivity index (χ1n) is 6.93. The number of hydrogen-bond donors (Lipinski definition) is 2. The first-order valence-corrected chi connectivity index (χ1v) is 6.93. The summed E-state index contributed by atoms with van der Waals surface area (Å²) >= 11 is 0. The van der Waals surface area contributed by atoms with E-state index in [1.54, 1.807) is 0 Å². The van der Waals surface area contributed by atoms with E-state index < -0.39 is 0 Å². The van der Waals surface area contributed by atoms with Crippen LogP contribution in [0.1, 0.15) is 47.0 Å². The monoisotopic (exact) mass is 236 g/mol. The normalized spacial score (nSPS) is 39.9. The van der Waals surface area contributed by atoms with Gasteiger partial charge >= 0.3 is 0 Å². The van der Waals surface area contributed by atoms with Crippen molar-refractivity contribution in [3.8, 4) is 0 Å². The van der Waals surface area contributed by atoms with Crippen molar-refractivity contribution in [2.24, 2.45) is 10.8 Å². The minimum absolute atomic E-state index is 0.441. The van der Waals surface area contributed by atoms with Gasteiger partial charge < -0.3 is 10.6 Å².